The van der Waals surface area contributed by atoms with Crippen molar-refractivity contribution in [3.8, 4) is 5.69 Å². The highest BCUT2D eigenvalue weighted by molar-refractivity contribution is 6.05. The Morgan fingerprint density at radius 2 is 1.65 bits per heavy atom. The first-order chi connectivity index (χ1) is 15.1. The number of nitrogens with zero attached hydrogens (tertiary/aromatic N) is 5. The molecule has 0 saturated carbocycles. The van der Waals surface area contributed by atoms with Gasteiger partial charge in [0.1, 0.15) is 10.9 Å². The molecule has 3 aromatic heterocycles. The third kappa shape index (κ3) is 3.10. The Morgan fingerprint density at radius 1 is 0.935 bits per heavy atom. The zero-order valence-corrected chi connectivity index (χ0v) is 18.0. The molecule has 1 atom stereocenters. The normalized spacial score (nSPS) is 12.7. The number of hydrogen-bond acceptors (Lipinski definition) is 4. The van der Waals surface area contributed by atoms with Crippen molar-refractivity contribution >= 4 is 33.2 Å². The van der Waals surface area contributed by atoms with E-state index >= 15 is 0 Å². The molecular weight excluding hydrogens is 386 g/mol. The van der Waals surface area contributed by atoms with Crippen molar-refractivity contribution in [1.82, 2.24) is 24.1 Å². The predicted octanol–water partition coefficient (Wildman–Crippen LogP) is 5.21. The maximum absolute atomic E-state index is 13.3. The number of fused-ring (bicyclic) bond motifs is 4. The molecule has 156 valence electrons. The second-order valence-corrected chi connectivity index (χ2v) is 8.06. The third-order valence-corrected chi connectivity index (χ3v) is 6.03. The number of rotatable bonds is 5. The second-order valence-electron chi connectivity index (χ2n) is 8.06. The number of para-hydroxylation sites is 2. The zero-order chi connectivity index (χ0) is 21.5. The van der Waals surface area contributed by atoms with Crippen LogP contribution in [0.2, 0.25) is 0 Å². The Kier molecular flexibility index (Phi) is 4.77. The van der Waals surface area contributed by atoms with E-state index in [0.717, 1.165) is 29.6 Å². The first-order valence-electron chi connectivity index (χ1n) is 10.9. The van der Waals surface area contributed by atoms with E-state index in [9.17, 15) is 4.79 Å². The highest BCUT2D eigenvalue weighted by atomic mass is 16.1. The van der Waals surface area contributed by atoms with Gasteiger partial charge in [-0.25, -0.2) is 15.0 Å². The van der Waals surface area contributed by atoms with Crippen LogP contribution in [0, 0.1) is 0 Å². The van der Waals surface area contributed by atoms with Crippen LogP contribution in [0.5, 0.6) is 0 Å². The average Bonchev–Trinajstić information content (AvgIpc) is 3.12. The summed E-state index contributed by atoms with van der Waals surface area (Å²) < 4.78 is 3.62. The Bertz CT molecular complexity index is 1460. The van der Waals surface area contributed by atoms with Gasteiger partial charge in [-0.3, -0.25) is 13.9 Å². The number of benzene rings is 2. The van der Waals surface area contributed by atoms with Crippen molar-refractivity contribution in [2.75, 3.05) is 0 Å². The van der Waals surface area contributed by atoms with Crippen molar-refractivity contribution in [3.63, 3.8) is 0 Å². The minimum atomic E-state index is -0.0728. The molecule has 2 aromatic carbocycles. The Hall–Kier alpha value is -3.54. The van der Waals surface area contributed by atoms with Crippen molar-refractivity contribution < 1.29 is 0 Å². The Morgan fingerprint density at radius 3 is 2.32 bits per heavy atom. The van der Waals surface area contributed by atoms with Crippen LogP contribution in [-0.4, -0.2) is 24.1 Å². The lowest BCUT2D eigenvalue weighted by Gasteiger charge is -2.11. The predicted molar refractivity (Wildman–Crippen MR) is 125 cm³/mol. The maximum Gasteiger partial charge on any atom is 0.265 e. The van der Waals surface area contributed by atoms with Gasteiger partial charge in [0.05, 0.1) is 17.4 Å². The van der Waals surface area contributed by atoms with Crippen LogP contribution in [-0.2, 0) is 6.54 Å². The molecule has 0 aliphatic heterocycles. The summed E-state index contributed by atoms with van der Waals surface area (Å²) in [6.07, 6.45) is 3.58. The Balaban J connectivity index is 1.86. The monoisotopic (exact) mass is 411 g/mol. The summed E-state index contributed by atoms with van der Waals surface area (Å²) in [5, 5.41) is 0.523. The summed E-state index contributed by atoms with van der Waals surface area (Å²) >= 11 is 0. The molecule has 0 N–H and O–H groups in total. The van der Waals surface area contributed by atoms with E-state index in [1.807, 2.05) is 35.8 Å². The summed E-state index contributed by atoms with van der Waals surface area (Å²) in [6, 6.07) is 16.2. The second kappa shape index (κ2) is 7.61. The fourth-order valence-corrected chi connectivity index (χ4v) is 4.10. The fraction of sp³-hybridized carbons (Fsp3) is 0.280. The highest BCUT2D eigenvalue weighted by Crippen LogP contribution is 2.29. The van der Waals surface area contributed by atoms with E-state index in [1.165, 1.54) is 5.56 Å². The van der Waals surface area contributed by atoms with E-state index in [4.69, 9.17) is 9.97 Å². The molecule has 5 rings (SSSR count). The van der Waals surface area contributed by atoms with Crippen molar-refractivity contribution in [1.29, 1.82) is 0 Å². The first kappa shape index (κ1) is 19.4. The minimum Gasteiger partial charge on any atom is -0.299 e. The summed E-state index contributed by atoms with van der Waals surface area (Å²) in [7, 11) is 0. The van der Waals surface area contributed by atoms with Gasteiger partial charge < -0.3 is 0 Å². The lowest BCUT2D eigenvalue weighted by molar-refractivity contribution is 0.647. The molecule has 0 radical (unpaired) electrons. The average molecular weight is 412 g/mol. The first-order valence-corrected chi connectivity index (χ1v) is 10.9. The van der Waals surface area contributed by atoms with Crippen LogP contribution in [0.4, 0.5) is 0 Å². The van der Waals surface area contributed by atoms with Gasteiger partial charge in [0.2, 0.25) is 0 Å². The standard InChI is InChI=1S/C25H25N5O/c1-4-14-29-15-26-23-21(25(29)31)22-24(28-20-9-7-6-8-19(20)27-22)30(23)18-12-10-17(11-13-18)16(3)5-2/h6-13,15-16H,4-5,14H2,1-3H3/t16-/m1/s1. The molecule has 0 amide bonds. The SMILES string of the molecule is CCCn1cnc2c(c1=O)c1nc3ccccc3nc1n2-c1ccc([C@H](C)CC)cc1. The molecule has 0 spiro atoms. The van der Waals surface area contributed by atoms with Gasteiger partial charge >= 0.3 is 0 Å². The molecule has 3 heterocycles. The summed E-state index contributed by atoms with van der Waals surface area (Å²) in [4.78, 5) is 27.8. The van der Waals surface area contributed by atoms with Gasteiger partial charge in [0.15, 0.2) is 11.3 Å². The van der Waals surface area contributed by atoms with Gasteiger partial charge in [-0.15, -0.1) is 0 Å². The summed E-state index contributed by atoms with van der Waals surface area (Å²) in [5.74, 6) is 0.496. The van der Waals surface area contributed by atoms with Gasteiger partial charge in [-0.05, 0) is 48.6 Å². The zero-order valence-electron chi connectivity index (χ0n) is 18.0. The fourth-order valence-electron chi connectivity index (χ4n) is 4.10. The molecule has 6 nitrogen and oxygen atoms in total. The van der Waals surface area contributed by atoms with E-state index < -0.39 is 0 Å². The molecular formula is C25H25N5O. The summed E-state index contributed by atoms with van der Waals surface area (Å²) in [5.41, 5.74) is 5.57. The van der Waals surface area contributed by atoms with E-state index in [1.54, 1.807) is 10.9 Å². The topological polar surface area (TPSA) is 65.6 Å². The van der Waals surface area contributed by atoms with Crippen LogP contribution in [0.25, 0.3) is 38.9 Å². The van der Waals surface area contributed by atoms with Gasteiger partial charge in [0.25, 0.3) is 5.56 Å². The highest BCUT2D eigenvalue weighted by Gasteiger charge is 2.20. The molecule has 31 heavy (non-hydrogen) atoms. The minimum absolute atomic E-state index is 0.0728. The smallest absolute Gasteiger partial charge is 0.265 e. The lowest BCUT2D eigenvalue weighted by atomic mass is 9.99. The van der Waals surface area contributed by atoms with E-state index in [2.05, 4.69) is 43.1 Å². The molecule has 5 aromatic rings. The molecule has 0 fully saturated rings. The van der Waals surface area contributed by atoms with Crippen molar-refractivity contribution in [3.05, 3.63) is 70.8 Å². The van der Waals surface area contributed by atoms with Gasteiger partial charge in [-0.2, -0.15) is 0 Å². The largest absolute Gasteiger partial charge is 0.299 e. The van der Waals surface area contributed by atoms with E-state index in [-0.39, 0.29) is 5.56 Å². The van der Waals surface area contributed by atoms with Crippen LogP contribution >= 0.6 is 0 Å². The van der Waals surface area contributed by atoms with Crippen LogP contribution < -0.4 is 5.56 Å². The molecule has 0 aliphatic carbocycles. The van der Waals surface area contributed by atoms with Crippen molar-refractivity contribution in [2.45, 2.75) is 46.1 Å². The van der Waals surface area contributed by atoms with E-state index in [0.29, 0.717) is 34.7 Å². The Labute approximate surface area is 180 Å². The van der Waals surface area contributed by atoms with Gasteiger partial charge in [0, 0.05) is 12.2 Å². The lowest BCUT2D eigenvalue weighted by Crippen LogP contribution is -2.20. The molecule has 6 heteroatoms. The van der Waals surface area contributed by atoms with Crippen LogP contribution in [0.15, 0.2) is 59.7 Å². The van der Waals surface area contributed by atoms with Crippen LogP contribution in [0.3, 0.4) is 0 Å². The molecule has 0 bridgehead atoms. The third-order valence-electron chi connectivity index (χ3n) is 6.03. The molecule has 0 aliphatic rings. The number of hydrogen-bond donors (Lipinski definition) is 0. The number of aryl methyl sites for hydroxylation is 1. The molecule has 0 saturated heterocycles. The van der Waals surface area contributed by atoms with Crippen molar-refractivity contribution in [2.24, 2.45) is 0 Å². The maximum atomic E-state index is 13.3. The quantitative estimate of drug-likeness (QED) is 0.398. The molecule has 0 unspecified atom stereocenters. The van der Waals surface area contributed by atoms with Crippen LogP contribution in [0.1, 0.15) is 45.1 Å². The summed E-state index contributed by atoms with van der Waals surface area (Å²) in [6.45, 7) is 7.09. The van der Waals surface area contributed by atoms with Gasteiger partial charge in [-0.1, -0.05) is 45.0 Å². The number of aromatic nitrogens is 5.